The highest BCUT2D eigenvalue weighted by molar-refractivity contribution is 5.98. The van der Waals surface area contributed by atoms with E-state index in [-0.39, 0.29) is 29.7 Å². The first-order valence-corrected chi connectivity index (χ1v) is 12.0. The van der Waals surface area contributed by atoms with E-state index in [1.54, 1.807) is 18.5 Å². The molecule has 2 aliphatic rings. The van der Waals surface area contributed by atoms with E-state index < -0.39 is 0 Å². The molecule has 2 amide bonds. The maximum absolute atomic E-state index is 13.5. The number of pyridine rings is 1. The zero-order valence-corrected chi connectivity index (χ0v) is 20.2. The summed E-state index contributed by atoms with van der Waals surface area (Å²) in [5, 5.41) is 7.62. The van der Waals surface area contributed by atoms with Gasteiger partial charge in [-0.3, -0.25) is 14.4 Å². The van der Waals surface area contributed by atoms with Crippen LogP contribution in [-0.2, 0) is 24.3 Å². The van der Waals surface area contributed by atoms with Crippen molar-refractivity contribution in [2.75, 3.05) is 27.2 Å². The van der Waals surface area contributed by atoms with Crippen LogP contribution in [0.3, 0.4) is 0 Å². The number of rotatable bonds is 7. The number of nitrogens with zero attached hydrogens (tertiary/aromatic N) is 5. The van der Waals surface area contributed by atoms with Gasteiger partial charge in [-0.2, -0.15) is 0 Å². The summed E-state index contributed by atoms with van der Waals surface area (Å²) in [5.41, 5.74) is 1.89. The number of carbonyl (C=O) groups excluding carboxylic acids is 2. The van der Waals surface area contributed by atoms with E-state index in [9.17, 15) is 14.4 Å². The number of aryl methyl sites for hydroxylation is 1. The van der Waals surface area contributed by atoms with Crippen molar-refractivity contribution in [3.8, 4) is 5.75 Å². The first kappa shape index (κ1) is 24.0. The molecule has 10 nitrogen and oxygen atoms in total. The second kappa shape index (κ2) is 10.4. The zero-order valence-electron chi connectivity index (χ0n) is 20.2. The summed E-state index contributed by atoms with van der Waals surface area (Å²) in [6.45, 7) is 3.24. The van der Waals surface area contributed by atoms with Crippen molar-refractivity contribution in [2.45, 2.75) is 65.0 Å². The predicted molar refractivity (Wildman–Crippen MR) is 124 cm³/mol. The minimum atomic E-state index is -0.288. The maximum Gasteiger partial charge on any atom is 0.259 e. The van der Waals surface area contributed by atoms with Gasteiger partial charge >= 0.3 is 0 Å². The molecule has 0 unspecified atom stereocenters. The van der Waals surface area contributed by atoms with Crippen molar-refractivity contribution in [1.29, 1.82) is 0 Å². The lowest BCUT2D eigenvalue weighted by molar-refractivity contribution is -0.131. The number of methoxy groups -OCH3 is 1. The van der Waals surface area contributed by atoms with Crippen LogP contribution in [0, 0.1) is 12.8 Å². The van der Waals surface area contributed by atoms with Gasteiger partial charge in [0.05, 0.1) is 13.7 Å². The lowest BCUT2D eigenvalue weighted by Gasteiger charge is -2.21. The molecule has 4 rings (SSSR count). The van der Waals surface area contributed by atoms with Gasteiger partial charge < -0.3 is 19.1 Å². The molecule has 2 aromatic rings. The predicted octanol–water partition coefficient (Wildman–Crippen LogP) is 2.18. The third-order valence-corrected chi connectivity index (χ3v) is 7.10. The normalized spacial score (nSPS) is 16.3. The summed E-state index contributed by atoms with van der Waals surface area (Å²) in [5.74, 6) is 0.732. The molecule has 0 saturated heterocycles. The van der Waals surface area contributed by atoms with Crippen LogP contribution in [-0.4, -0.2) is 63.7 Å². The number of carbonyl (C=O) groups is 2. The lowest BCUT2D eigenvalue weighted by Crippen LogP contribution is -2.34. The van der Waals surface area contributed by atoms with Crippen LogP contribution >= 0.6 is 0 Å². The Morgan fingerprint density at radius 2 is 1.97 bits per heavy atom. The number of fused-ring (bicyclic) bond motifs is 1. The third-order valence-electron chi connectivity index (χ3n) is 7.10. The van der Waals surface area contributed by atoms with Gasteiger partial charge in [0.2, 0.25) is 5.91 Å². The molecule has 0 radical (unpaired) electrons. The van der Waals surface area contributed by atoms with Crippen LogP contribution in [0.25, 0.3) is 0 Å². The van der Waals surface area contributed by atoms with Gasteiger partial charge in [-0.25, -0.2) is 4.63 Å². The van der Waals surface area contributed by atoms with Crippen molar-refractivity contribution < 1.29 is 19.0 Å². The third kappa shape index (κ3) is 5.00. The molecule has 10 heteroatoms. The monoisotopic (exact) mass is 471 g/mol. The van der Waals surface area contributed by atoms with E-state index >= 15 is 0 Å². The smallest absolute Gasteiger partial charge is 0.259 e. The zero-order chi connectivity index (χ0) is 24.2. The quantitative estimate of drug-likeness (QED) is 0.608. The van der Waals surface area contributed by atoms with Gasteiger partial charge in [0.15, 0.2) is 0 Å². The summed E-state index contributed by atoms with van der Waals surface area (Å²) in [7, 11) is 3.11. The maximum atomic E-state index is 13.5. The van der Waals surface area contributed by atoms with Gasteiger partial charge in [-0.05, 0) is 19.3 Å². The fraction of sp³-hybridized carbons (Fsp3) is 0.625. The van der Waals surface area contributed by atoms with Crippen LogP contribution in [0.1, 0.15) is 66.0 Å². The molecule has 1 fully saturated rings. The highest BCUT2D eigenvalue weighted by atomic mass is 16.6. The van der Waals surface area contributed by atoms with Crippen LogP contribution in [0.4, 0.5) is 0 Å². The Labute approximate surface area is 198 Å². The summed E-state index contributed by atoms with van der Waals surface area (Å²) < 4.78 is 11.8. The first-order valence-electron chi connectivity index (χ1n) is 12.0. The summed E-state index contributed by atoms with van der Waals surface area (Å²) in [4.78, 5) is 42.6. The molecule has 184 valence electrons. The van der Waals surface area contributed by atoms with Crippen LogP contribution < -0.4 is 10.3 Å². The second-order valence-corrected chi connectivity index (χ2v) is 9.30. The Hall–Kier alpha value is -3.17. The lowest BCUT2D eigenvalue weighted by atomic mass is 10.0. The molecule has 3 heterocycles. The molecule has 2 aromatic heterocycles. The van der Waals surface area contributed by atoms with Gasteiger partial charge in [0, 0.05) is 51.3 Å². The molecule has 0 N–H and O–H groups in total. The van der Waals surface area contributed by atoms with Crippen molar-refractivity contribution in [1.82, 2.24) is 24.7 Å². The topological polar surface area (TPSA) is 111 Å². The van der Waals surface area contributed by atoms with Crippen molar-refractivity contribution in [3.05, 3.63) is 39.1 Å². The fourth-order valence-corrected chi connectivity index (χ4v) is 5.06. The number of ether oxygens (including phenoxy) is 1. The summed E-state index contributed by atoms with van der Waals surface area (Å²) >= 11 is 0. The molecule has 0 spiro atoms. The van der Waals surface area contributed by atoms with Crippen LogP contribution in [0.5, 0.6) is 5.75 Å². The van der Waals surface area contributed by atoms with Gasteiger partial charge in [-0.1, -0.05) is 36.0 Å². The minimum absolute atomic E-state index is 0.124. The molecule has 0 bridgehead atoms. The van der Waals surface area contributed by atoms with Gasteiger partial charge in [0.25, 0.3) is 11.5 Å². The van der Waals surface area contributed by atoms with Gasteiger partial charge in [0.1, 0.15) is 22.7 Å². The number of aromatic nitrogens is 3. The SMILES string of the molecule is COc1cc(=O)n2c(c1C(=O)N(C)Cc1nonc1C)CCN(C(=O)CCC1CCCC1)CC2. The highest BCUT2D eigenvalue weighted by Gasteiger charge is 2.29. The first-order chi connectivity index (χ1) is 16.4. The Kier molecular flexibility index (Phi) is 7.33. The number of hydrogen-bond acceptors (Lipinski definition) is 7. The van der Waals surface area contributed by atoms with E-state index in [1.807, 2.05) is 4.90 Å². The average molecular weight is 472 g/mol. The Balaban J connectivity index is 1.54. The average Bonchev–Trinajstić information content (AvgIpc) is 3.43. The van der Waals surface area contributed by atoms with E-state index in [4.69, 9.17) is 9.37 Å². The van der Waals surface area contributed by atoms with Gasteiger partial charge in [-0.15, -0.1) is 0 Å². The Morgan fingerprint density at radius 1 is 1.21 bits per heavy atom. The van der Waals surface area contributed by atoms with Crippen LogP contribution in [0.15, 0.2) is 15.5 Å². The molecule has 34 heavy (non-hydrogen) atoms. The highest BCUT2D eigenvalue weighted by Crippen LogP contribution is 2.29. The fourth-order valence-electron chi connectivity index (χ4n) is 5.06. The molecule has 0 aromatic carbocycles. The van der Waals surface area contributed by atoms with Crippen molar-refractivity contribution >= 4 is 11.8 Å². The Morgan fingerprint density at radius 3 is 2.65 bits per heavy atom. The summed E-state index contributed by atoms with van der Waals surface area (Å²) in [6.07, 6.45) is 6.84. The molecular formula is C24H33N5O5. The molecule has 1 aliphatic heterocycles. The van der Waals surface area contributed by atoms with E-state index in [1.165, 1.54) is 43.8 Å². The molecule has 0 atom stereocenters. The number of hydrogen-bond donors (Lipinski definition) is 0. The standard InChI is InChI=1S/C24H33N5O5/c1-16-18(26-34-25-16)15-27(2)24(32)23-19-10-11-28(21(30)9-8-17-6-4-5-7-17)12-13-29(19)22(31)14-20(23)33-3/h14,17H,4-13,15H2,1-3H3. The van der Waals surface area contributed by atoms with Crippen molar-refractivity contribution in [3.63, 3.8) is 0 Å². The van der Waals surface area contributed by atoms with E-state index in [0.29, 0.717) is 61.0 Å². The largest absolute Gasteiger partial charge is 0.496 e. The van der Waals surface area contributed by atoms with E-state index in [2.05, 4.69) is 10.3 Å². The summed E-state index contributed by atoms with van der Waals surface area (Å²) in [6, 6.07) is 1.35. The van der Waals surface area contributed by atoms with Crippen LogP contribution in [0.2, 0.25) is 0 Å². The van der Waals surface area contributed by atoms with Crippen molar-refractivity contribution in [2.24, 2.45) is 5.92 Å². The second-order valence-electron chi connectivity index (χ2n) is 9.30. The minimum Gasteiger partial charge on any atom is -0.496 e. The molecule has 1 saturated carbocycles. The molecule has 1 aliphatic carbocycles. The number of amides is 2. The Bertz CT molecular complexity index is 1100. The molecular weight excluding hydrogens is 438 g/mol. The van der Waals surface area contributed by atoms with E-state index in [0.717, 1.165) is 6.42 Å².